The molecular weight excluding hydrogens is 660 g/mol. The number of para-hydroxylation sites is 1. The number of β-lactam (4-membered cyclic amide) rings is 1. The summed E-state index contributed by atoms with van der Waals surface area (Å²) in [6.07, 6.45) is -0.842. The number of fused-ring (bicyclic) bond motifs is 1. The number of nitrogens with one attached hydrogen (secondary N) is 2. The second kappa shape index (κ2) is 15.7. The number of tetrazole rings is 1. The molecule has 2 aromatic rings. The van der Waals surface area contributed by atoms with Crippen LogP contribution in [0.3, 0.4) is 0 Å². The second-order valence-corrected chi connectivity index (χ2v) is 13.6. The molecule has 3 heterocycles. The molecule has 2 aliphatic rings. The molecule has 2 atom stereocenters. The van der Waals surface area contributed by atoms with Crippen molar-refractivity contribution >= 4 is 122 Å². The quantitative estimate of drug-likeness (QED) is 0.108. The molecule has 1 fully saturated rings. The number of hydrogen-bond acceptors (Lipinski definition) is 12. The first-order valence-electron chi connectivity index (χ1n) is 12.2. The molecule has 230 valence electrons. The molecule has 0 aliphatic carbocycles. The van der Waals surface area contributed by atoms with Crippen molar-refractivity contribution in [2.24, 2.45) is 0 Å². The van der Waals surface area contributed by atoms with Crippen LogP contribution in [-0.4, -0.2) is 155 Å². The fourth-order valence-electron chi connectivity index (χ4n) is 4.09. The number of anilines is 1. The van der Waals surface area contributed by atoms with E-state index < -0.39 is 56.9 Å². The molecule has 16 nitrogen and oxygen atoms in total. The van der Waals surface area contributed by atoms with Crippen molar-refractivity contribution in [1.82, 2.24) is 30.4 Å². The average molecular weight is 690 g/mol. The van der Waals surface area contributed by atoms with Gasteiger partial charge in [0.1, 0.15) is 22.7 Å². The Hall–Kier alpha value is -1.68. The molecule has 1 aromatic carbocycles. The van der Waals surface area contributed by atoms with Gasteiger partial charge in [0.2, 0.25) is 11.1 Å². The number of nitrogens with zero attached hydrogens (tertiary/aromatic N) is 5. The van der Waals surface area contributed by atoms with Crippen LogP contribution in [0.4, 0.5) is 10.5 Å². The molecule has 21 heteroatoms. The summed E-state index contributed by atoms with van der Waals surface area (Å²) in [6, 6.07) is 5.69. The molecule has 1 aromatic heterocycles. The van der Waals surface area contributed by atoms with Gasteiger partial charge in [-0.1, -0.05) is 30.0 Å². The van der Waals surface area contributed by atoms with Crippen molar-refractivity contribution in [1.29, 1.82) is 0 Å². The number of carboxylic acids is 1. The number of ether oxygens (including phenoxy) is 1. The second-order valence-electron chi connectivity index (χ2n) is 10.1. The Labute approximate surface area is 305 Å². The Bertz CT molecular complexity index is 1560. The number of aromatic nitrogens is 4. The molecule has 2 aliphatic heterocycles. The third kappa shape index (κ3) is 9.91. The van der Waals surface area contributed by atoms with Gasteiger partial charge in [0, 0.05) is 17.2 Å². The van der Waals surface area contributed by atoms with E-state index in [0.29, 0.717) is 16.8 Å². The van der Waals surface area contributed by atoms with Crippen LogP contribution in [0.2, 0.25) is 0 Å². The summed E-state index contributed by atoms with van der Waals surface area (Å²) in [5.41, 5.74) is 0.281. The monoisotopic (exact) mass is 689 g/mol. The standard InChI is InChI=1S/C23H27N7O9S3.2Na.2H/c1-23(2,3)39-22(35)24-14-7-5-4-6-12(14)8-15(31)25-16-18(32)30-17(20(33)34)13(9-40-19(16)30)10-41-21-26-27-28-29(21)11-42(36,37)38;;;;/h4-7,16,19H,8-11H2,1-3H3,(H,24,35)(H,25,31)(H,33,34)(H,36,37,38);;;;/t16?,19-;;;;/m1..../s1. The summed E-state index contributed by atoms with van der Waals surface area (Å²) in [6.45, 7) is 5.16. The van der Waals surface area contributed by atoms with Crippen LogP contribution in [-0.2, 0) is 41.5 Å². The van der Waals surface area contributed by atoms with E-state index in [0.717, 1.165) is 21.3 Å². The van der Waals surface area contributed by atoms with Crippen molar-refractivity contribution in [3.05, 3.63) is 41.1 Å². The predicted octanol–water partition coefficient (Wildman–Crippen LogP) is -0.358. The van der Waals surface area contributed by atoms with Gasteiger partial charge in [0.05, 0.1) is 6.42 Å². The third-order valence-electron chi connectivity index (χ3n) is 5.73. The molecule has 44 heavy (non-hydrogen) atoms. The summed E-state index contributed by atoms with van der Waals surface area (Å²) in [7, 11) is -4.42. The number of aliphatic carboxylic acids is 1. The first kappa shape index (κ1) is 38.5. The Morgan fingerprint density at radius 1 is 1.20 bits per heavy atom. The van der Waals surface area contributed by atoms with Crippen molar-refractivity contribution in [2.45, 2.75) is 55.2 Å². The SMILES string of the molecule is CC(C)(C)OC(=O)Nc1ccccc1CC(=O)NC1C(=O)N2C(C(=O)O)=C(CSc3nnnn3CS(=O)(=O)O)CS[C@H]12.[NaH].[NaH]. The van der Waals surface area contributed by atoms with Crippen LogP contribution in [0.1, 0.15) is 26.3 Å². The minimum atomic E-state index is -4.42. The van der Waals surface area contributed by atoms with E-state index in [1.807, 2.05) is 0 Å². The van der Waals surface area contributed by atoms with Crippen LogP contribution in [0.25, 0.3) is 0 Å². The molecule has 4 N–H and O–H groups in total. The summed E-state index contributed by atoms with van der Waals surface area (Å²) in [4.78, 5) is 51.4. The zero-order chi connectivity index (χ0) is 30.8. The zero-order valence-electron chi connectivity index (χ0n) is 22.5. The third-order valence-corrected chi connectivity index (χ3v) is 8.68. The maximum atomic E-state index is 13.0. The van der Waals surface area contributed by atoms with Crippen LogP contribution in [0.15, 0.2) is 40.7 Å². The normalized spacial score (nSPS) is 17.8. The van der Waals surface area contributed by atoms with Gasteiger partial charge in [-0.15, -0.1) is 16.9 Å². The molecule has 0 bridgehead atoms. The topological polar surface area (TPSA) is 223 Å². The van der Waals surface area contributed by atoms with Gasteiger partial charge in [-0.3, -0.25) is 24.4 Å². The first-order chi connectivity index (χ1) is 19.6. The van der Waals surface area contributed by atoms with Crippen LogP contribution in [0.5, 0.6) is 0 Å². The number of carboxylic acid groups (broad SMARTS) is 1. The molecule has 0 saturated carbocycles. The molecule has 1 unspecified atom stereocenters. The summed E-state index contributed by atoms with van der Waals surface area (Å²) in [5.74, 6) is -3.09. The van der Waals surface area contributed by atoms with Crippen LogP contribution < -0.4 is 10.6 Å². The number of benzene rings is 1. The fraction of sp³-hybridized carbons (Fsp3) is 0.435. The number of carbonyl (C=O) groups is 4. The van der Waals surface area contributed by atoms with E-state index in [1.165, 1.54) is 11.8 Å². The Morgan fingerprint density at radius 2 is 1.89 bits per heavy atom. The van der Waals surface area contributed by atoms with Gasteiger partial charge in [-0.05, 0) is 48.4 Å². The number of thioether (sulfide) groups is 2. The van der Waals surface area contributed by atoms with E-state index in [4.69, 9.17) is 9.29 Å². The van der Waals surface area contributed by atoms with Gasteiger partial charge >= 0.3 is 71.2 Å². The van der Waals surface area contributed by atoms with Crippen molar-refractivity contribution in [2.75, 3.05) is 16.8 Å². The molecule has 0 radical (unpaired) electrons. The summed E-state index contributed by atoms with van der Waals surface area (Å²) in [5, 5.41) is 25.1. The Kier molecular flexibility index (Phi) is 13.8. The number of hydrogen-bond donors (Lipinski definition) is 4. The van der Waals surface area contributed by atoms with E-state index in [2.05, 4.69) is 26.2 Å². The van der Waals surface area contributed by atoms with E-state index >= 15 is 0 Å². The predicted molar refractivity (Wildman–Crippen MR) is 164 cm³/mol. The number of carbonyl (C=O) groups excluding carboxylic acids is 3. The van der Waals surface area contributed by atoms with E-state index in [1.54, 1.807) is 45.0 Å². The maximum absolute atomic E-state index is 13.0. The van der Waals surface area contributed by atoms with Crippen LogP contribution in [0, 0.1) is 0 Å². The molecule has 4 rings (SSSR count). The van der Waals surface area contributed by atoms with Gasteiger partial charge in [0.15, 0.2) is 5.88 Å². The Morgan fingerprint density at radius 3 is 2.52 bits per heavy atom. The van der Waals surface area contributed by atoms with E-state index in [-0.39, 0.29) is 87.9 Å². The zero-order valence-corrected chi connectivity index (χ0v) is 25.0. The first-order valence-corrected chi connectivity index (χ1v) is 15.9. The van der Waals surface area contributed by atoms with Crippen LogP contribution >= 0.6 is 23.5 Å². The van der Waals surface area contributed by atoms with Crippen molar-refractivity contribution in [3.63, 3.8) is 0 Å². The molecule has 0 spiro atoms. The Balaban J connectivity index is 0.00000337. The summed E-state index contributed by atoms with van der Waals surface area (Å²) < 4.78 is 37.5. The van der Waals surface area contributed by atoms with Gasteiger partial charge in [0.25, 0.3) is 16.0 Å². The number of amides is 3. The molecular formula is C23H29N7Na2O9S3. The van der Waals surface area contributed by atoms with Crippen molar-refractivity contribution in [3.8, 4) is 0 Å². The van der Waals surface area contributed by atoms with Gasteiger partial charge < -0.3 is 15.2 Å². The van der Waals surface area contributed by atoms with Crippen molar-refractivity contribution < 1.29 is 42.0 Å². The van der Waals surface area contributed by atoms with E-state index in [9.17, 15) is 32.7 Å². The van der Waals surface area contributed by atoms with Gasteiger partial charge in [-0.2, -0.15) is 8.42 Å². The fourth-order valence-corrected chi connectivity index (χ4v) is 7.02. The summed E-state index contributed by atoms with van der Waals surface area (Å²) >= 11 is 2.20. The minimum absolute atomic E-state index is 0. The molecule has 1 saturated heterocycles. The average Bonchev–Trinajstić information content (AvgIpc) is 3.30. The molecule has 3 amide bonds. The number of rotatable bonds is 10. The van der Waals surface area contributed by atoms with Gasteiger partial charge in [-0.25, -0.2) is 14.3 Å².